The molecule has 2 nitrogen and oxygen atoms in total. The van der Waals surface area contributed by atoms with Gasteiger partial charge in [0.1, 0.15) is 0 Å². The number of rotatable bonds is 2. The van der Waals surface area contributed by atoms with Crippen LogP contribution in [0.15, 0.2) is 0 Å². The van der Waals surface area contributed by atoms with Gasteiger partial charge in [0.05, 0.1) is 0 Å². The van der Waals surface area contributed by atoms with Gasteiger partial charge in [-0.15, -0.1) is 0 Å². The smallest absolute Gasteiger partial charge is 0.0402 e. The van der Waals surface area contributed by atoms with Crippen LogP contribution in [0, 0.1) is 11.8 Å². The molecule has 2 N–H and O–H groups in total. The lowest BCUT2D eigenvalue weighted by Gasteiger charge is -2.42. The predicted octanol–water partition coefficient (Wildman–Crippen LogP) is 1.64. The summed E-state index contributed by atoms with van der Waals surface area (Å²) in [7, 11) is 2.07. The van der Waals surface area contributed by atoms with Gasteiger partial charge in [-0.3, -0.25) is 0 Å². The minimum absolute atomic E-state index is 0.250. The molecule has 3 unspecified atom stereocenters. The van der Waals surface area contributed by atoms with E-state index >= 15 is 0 Å². The largest absolute Gasteiger partial charge is 0.397 e. The van der Waals surface area contributed by atoms with E-state index in [1.165, 1.54) is 12.8 Å². The van der Waals surface area contributed by atoms with Gasteiger partial charge in [0.15, 0.2) is 0 Å². The molecule has 0 spiro atoms. The van der Waals surface area contributed by atoms with Crippen LogP contribution in [0.4, 0.5) is 0 Å². The quantitative estimate of drug-likeness (QED) is 0.665. The molecule has 3 atom stereocenters. The van der Waals surface area contributed by atoms with Crippen LogP contribution in [0.5, 0.6) is 0 Å². The molecule has 1 aliphatic carbocycles. The van der Waals surface area contributed by atoms with E-state index in [9.17, 15) is 0 Å². The van der Waals surface area contributed by atoms with Crippen molar-refractivity contribution in [1.29, 1.82) is 0 Å². The van der Waals surface area contributed by atoms with Gasteiger partial charge in [-0.1, -0.05) is 20.3 Å². The summed E-state index contributed by atoms with van der Waals surface area (Å²) in [6, 6.07) is 0.815. The fraction of sp³-hybridized carbons (Fsp3) is 1.00. The zero-order chi connectivity index (χ0) is 9.56. The average molecular weight is 173 g/mol. The van der Waals surface area contributed by atoms with Crippen LogP contribution in [0.2, 0.25) is 0 Å². The van der Waals surface area contributed by atoms with Crippen molar-refractivity contribution >= 4 is 0 Å². The van der Waals surface area contributed by atoms with Crippen LogP contribution < -0.4 is 5.32 Å². The molecule has 1 fully saturated rings. The lowest BCUT2D eigenvalue weighted by atomic mass is 9.70. The molecule has 1 aliphatic rings. The van der Waals surface area contributed by atoms with Crippen molar-refractivity contribution < 1.29 is 5.11 Å². The second-order valence-electron chi connectivity index (χ2n) is 3.51. The fourth-order valence-corrected chi connectivity index (χ4v) is 1.98. The summed E-state index contributed by atoms with van der Waals surface area (Å²) in [5.74, 6) is 1.88. The van der Waals surface area contributed by atoms with Gasteiger partial charge < -0.3 is 10.4 Å². The van der Waals surface area contributed by atoms with Gasteiger partial charge in [-0.25, -0.2) is 0 Å². The molecule has 0 bridgehead atoms. The third-order valence-electron chi connectivity index (χ3n) is 2.65. The third-order valence-corrected chi connectivity index (χ3v) is 2.65. The topological polar surface area (TPSA) is 32.3 Å². The van der Waals surface area contributed by atoms with Crippen molar-refractivity contribution in [3.63, 3.8) is 0 Å². The highest BCUT2D eigenvalue weighted by molar-refractivity contribution is 4.90. The van der Waals surface area contributed by atoms with Gasteiger partial charge in [0.2, 0.25) is 0 Å². The molecule has 0 saturated heterocycles. The van der Waals surface area contributed by atoms with Crippen molar-refractivity contribution in [2.45, 2.75) is 39.7 Å². The van der Waals surface area contributed by atoms with E-state index in [1.807, 2.05) is 0 Å². The highest BCUT2D eigenvalue weighted by Gasteiger charge is 2.34. The Morgan fingerprint density at radius 2 is 1.92 bits per heavy atom. The van der Waals surface area contributed by atoms with Crippen molar-refractivity contribution in [2.75, 3.05) is 13.7 Å². The summed E-state index contributed by atoms with van der Waals surface area (Å²) in [4.78, 5) is 0. The number of hydrogen-bond acceptors (Lipinski definition) is 2. The molecule has 0 aliphatic heterocycles. The molecule has 1 rings (SSSR count). The minimum Gasteiger partial charge on any atom is -0.397 e. The van der Waals surface area contributed by atoms with Crippen molar-refractivity contribution in [3.8, 4) is 0 Å². The highest BCUT2D eigenvalue weighted by Crippen LogP contribution is 2.35. The Balaban J connectivity index is 0.000000354. The number of nitrogens with one attached hydrogen (secondary N) is 1. The Kier molecular flexibility index (Phi) is 6.39. The summed E-state index contributed by atoms with van der Waals surface area (Å²) < 4.78 is 0. The zero-order valence-electron chi connectivity index (χ0n) is 8.80. The van der Waals surface area contributed by atoms with Gasteiger partial charge in [-0.2, -0.15) is 0 Å². The Bertz CT molecular complexity index is 106. The lowest BCUT2D eigenvalue weighted by Crippen LogP contribution is -2.48. The fourth-order valence-electron chi connectivity index (χ4n) is 1.98. The molecule has 0 amide bonds. The minimum atomic E-state index is 0.250. The average Bonchev–Trinajstić information content (AvgIpc) is 2.02. The van der Waals surface area contributed by atoms with Crippen LogP contribution in [-0.2, 0) is 0 Å². The third kappa shape index (κ3) is 3.11. The SMILES string of the molecule is CCC1CC(C)C1NC.CCO. The standard InChI is InChI=1S/C8H17N.C2H6O/c1-4-7-5-6(2)8(7)9-3;1-2-3/h6-9H,4-5H2,1-3H3;3H,2H2,1H3. The van der Waals surface area contributed by atoms with Gasteiger partial charge in [-0.05, 0) is 32.2 Å². The van der Waals surface area contributed by atoms with Crippen LogP contribution in [0.3, 0.4) is 0 Å². The van der Waals surface area contributed by atoms with Crippen LogP contribution in [0.1, 0.15) is 33.6 Å². The monoisotopic (exact) mass is 173 g/mol. The molecule has 2 heteroatoms. The van der Waals surface area contributed by atoms with E-state index in [4.69, 9.17) is 5.11 Å². The molecule has 0 aromatic carbocycles. The molecule has 0 aromatic heterocycles. The maximum atomic E-state index is 7.57. The molecule has 74 valence electrons. The van der Waals surface area contributed by atoms with E-state index < -0.39 is 0 Å². The number of aliphatic hydroxyl groups is 1. The van der Waals surface area contributed by atoms with Crippen LogP contribution in [0.25, 0.3) is 0 Å². The van der Waals surface area contributed by atoms with Crippen molar-refractivity contribution in [3.05, 3.63) is 0 Å². The Labute approximate surface area is 76.4 Å². The molecule has 0 aromatic rings. The molecule has 0 heterocycles. The van der Waals surface area contributed by atoms with Gasteiger partial charge in [0.25, 0.3) is 0 Å². The Morgan fingerprint density at radius 1 is 1.42 bits per heavy atom. The van der Waals surface area contributed by atoms with Gasteiger partial charge >= 0.3 is 0 Å². The second kappa shape index (κ2) is 6.44. The van der Waals surface area contributed by atoms with Crippen LogP contribution >= 0.6 is 0 Å². The summed E-state index contributed by atoms with van der Waals surface area (Å²) in [6.45, 7) is 6.54. The van der Waals surface area contributed by atoms with Crippen LogP contribution in [-0.4, -0.2) is 24.8 Å². The normalized spacial score (nSPS) is 33.2. The number of aliphatic hydroxyl groups excluding tert-OH is 1. The van der Waals surface area contributed by atoms with Gasteiger partial charge in [0, 0.05) is 12.6 Å². The van der Waals surface area contributed by atoms with Crippen molar-refractivity contribution in [1.82, 2.24) is 5.32 Å². The highest BCUT2D eigenvalue weighted by atomic mass is 16.2. The first-order chi connectivity index (χ1) is 5.71. The Morgan fingerprint density at radius 3 is 2.08 bits per heavy atom. The van der Waals surface area contributed by atoms with E-state index in [2.05, 4.69) is 26.2 Å². The summed E-state index contributed by atoms with van der Waals surface area (Å²) in [5.41, 5.74) is 0. The van der Waals surface area contributed by atoms with E-state index in [0.29, 0.717) is 0 Å². The lowest BCUT2D eigenvalue weighted by molar-refractivity contribution is 0.128. The summed E-state index contributed by atoms with van der Waals surface area (Å²) in [6.07, 6.45) is 2.78. The molecule has 1 saturated carbocycles. The Hall–Kier alpha value is -0.0800. The molecular formula is C10H23NO. The van der Waals surface area contributed by atoms with E-state index in [0.717, 1.165) is 17.9 Å². The second-order valence-corrected chi connectivity index (χ2v) is 3.51. The van der Waals surface area contributed by atoms with E-state index in [-0.39, 0.29) is 6.61 Å². The first-order valence-corrected chi connectivity index (χ1v) is 4.99. The molecule has 12 heavy (non-hydrogen) atoms. The van der Waals surface area contributed by atoms with Crippen molar-refractivity contribution in [2.24, 2.45) is 11.8 Å². The molecular weight excluding hydrogens is 150 g/mol. The first kappa shape index (κ1) is 11.9. The molecule has 0 radical (unpaired) electrons. The maximum Gasteiger partial charge on any atom is 0.0402 e. The zero-order valence-corrected chi connectivity index (χ0v) is 8.80. The maximum absolute atomic E-state index is 7.57. The number of hydrogen-bond donors (Lipinski definition) is 2. The predicted molar refractivity (Wildman–Crippen MR) is 53.2 cm³/mol. The summed E-state index contributed by atoms with van der Waals surface area (Å²) in [5, 5.41) is 10.9. The van der Waals surface area contributed by atoms with E-state index in [1.54, 1.807) is 6.92 Å². The summed E-state index contributed by atoms with van der Waals surface area (Å²) >= 11 is 0. The first-order valence-electron chi connectivity index (χ1n) is 4.99.